The highest BCUT2D eigenvalue weighted by Crippen LogP contribution is 2.13. The van der Waals surface area contributed by atoms with Crippen LogP contribution in [0.4, 0.5) is 0 Å². The van der Waals surface area contributed by atoms with Gasteiger partial charge in [0.05, 0.1) is 11.6 Å². The largest absolute Gasteiger partial charge is 0.376 e. The van der Waals surface area contributed by atoms with E-state index in [0.29, 0.717) is 11.9 Å². The average molecular weight is 286 g/mol. The molecule has 0 spiro atoms. The molecule has 1 saturated heterocycles. The lowest BCUT2D eigenvalue weighted by Crippen LogP contribution is -2.34. The Balaban J connectivity index is 1.84. The van der Waals surface area contributed by atoms with Gasteiger partial charge in [0.2, 0.25) is 5.43 Å². The molecule has 110 valence electrons. The molecule has 1 aromatic heterocycles. The van der Waals surface area contributed by atoms with Gasteiger partial charge in [0.15, 0.2) is 0 Å². The van der Waals surface area contributed by atoms with E-state index in [1.54, 1.807) is 6.07 Å². The van der Waals surface area contributed by atoms with E-state index in [9.17, 15) is 9.59 Å². The number of H-pyrrole nitrogens is 1. The van der Waals surface area contributed by atoms with Gasteiger partial charge in [0, 0.05) is 24.7 Å². The van der Waals surface area contributed by atoms with E-state index in [1.807, 2.05) is 19.1 Å². The molecule has 1 aromatic carbocycles. The van der Waals surface area contributed by atoms with Crippen LogP contribution in [-0.4, -0.2) is 30.1 Å². The molecule has 0 bridgehead atoms. The standard InChI is InChI=1S/C16H18N2O3/c1-10-4-2-6-12-14(10)17-9-13(15(12)19)16(20)18-8-11-5-3-7-21-11/h2,4,6,9,11H,3,5,7-8H2,1H3,(H,17,19)(H,18,20). The van der Waals surface area contributed by atoms with Crippen LogP contribution >= 0.6 is 0 Å². The Labute approximate surface area is 122 Å². The van der Waals surface area contributed by atoms with E-state index < -0.39 is 0 Å². The third-order valence-corrected chi connectivity index (χ3v) is 3.88. The summed E-state index contributed by atoms with van der Waals surface area (Å²) in [4.78, 5) is 27.6. The zero-order chi connectivity index (χ0) is 14.8. The molecule has 5 nitrogen and oxygen atoms in total. The Morgan fingerprint density at radius 1 is 1.48 bits per heavy atom. The number of aromatic nitrogens is 1. The highest BCUT2D eigenvalue weighted by Gasteiger charge is 2.18. The lowest BCUT2D eigenvalue weighted by atomic mass is 10.1. The summed E-state index contributed by atoms with van der Waals surface area (Å²) in [5, 5.41) is 3.32. The first-order chi connectivity index (χ1) is 10.2. The van der Waals surface area contributed by atoms with Crippen molar-refractivity contribution in [3.05, 3.63) is 45.7 Å². The Bertz CT molecular complexity index is 730. The maximum atomic E-state index is 12.4. The van der Waals surface area contributed by atoms with Crippen LogP contribution in [0.2, 0.25) is 0 Å². The molecule has 1 amide bonds. The quantitative estimate of drug-likeness (QED) is 0.903. The molecule has 3 rings (SSSR count). The summed E-state index contributed by atoms with van der Waals surface area (Å²) < 4.78 is 5.45. The fourth-order valence-electron chi connectivity index (χ4n) is 2.68. The number of carbonyl (C=O) groups excluding carboxylic acids is 1. The molecular weight excluding hydrogens is 268 g/mol. The number of para-hydroxylation sites is 1. The number of fused-ring (bicyclic) bond motifs is 1. The van der Waals surface area contributed by atoms with Gasteiger partial charge in [0.1, 0.15) is 5.56 Å². The Kier molecular flexibility index (Phi) is 3.75. The van der Waals surface area contributed by atoms with Crippen LogP contribution in [0.15, 0.2) is 29.2 Å². The summed E-state index contributed by atoms with van der Waals surface area (Å²) in [6, 6.07) is 5.48. The van der Waals surface area contributed by atoms with Gasteiger partial charge in [-0.05, 0) is 31.4 Å². The first kappa shape index (κ1) is 13.8. The maximum Gasteiger partial charge on any atom is 0.256 e. The van der Waals surface area contributed by atoms with Gasteiger partial charge < -0.3 is 15.0 Å². The topological polar surface area (TPSA) is 71.2 Å². The van der Waals surface area contributed by atoms with Gasteiger partial charge in [-0.2, -0.15) is 0 Å². The number of amides is 1. The fourth-order valence-corrected chi connectivity index (χ4v) is 2.68. The molecule has 2 aromatic rings. The lowest BCUT2D eigenvalue weighted by molar-refractivity contribution is 0.0857. The minimum atomic E-state index is -0.352. The lowest BCUT2D eigenvalue weighted by Gasteiger charge is -2.11. The number of aromatic amines is 1. The Morgan fingerprint density at radius 3 is 3.10 bits per heavy atom. The molecule has 21 heavy (non-hydrogen) atoms. The van der Waals surface area contributed by atoms with Gasteiger partial charge in [-0.15, -0.1) is 0 Å². The fraction of sp³-hybridized carbons (Fsp3) is 0.375. The van der Waals surface area contributed by atoms with Gasteiger partial charge in [-0.1, -0.05) is 12.1 Å². The summed E-state index contributed by atoms with van der Waals surface area (Å²) in [6.07, 6.45) is 3.53. The van der Waals surface area contributed by atoms with Crippen molar-refractivity contribution in [2.75, 3.05) is 13.2 Å². The van der Waals surface area contributed by atoms with Crippen LogP contribution in [0.5, 0.6) is 0 Å². The Morgan fingerprint density at radius 2 is 2.33 bits per heavy atom. The summed E-state index contributed by atoms with van der Waals surface area (Å²) in [7, 11) is 0. The van der Waals surface area contributed by atoms with Crippen molar-refractivity contribution in [2.24, 2.45) is 0 Å². The molecule has 0 aliphatic carbocycles. The summed E-state index contributed by atoms with van der Waals surface area (Å²) >= 11 is 0. The van der Waals surface area contributed by atoms with E-state index in [4.69, 9.17) is 4.74 Å². The molecule has 1 unspecified atom stereocenters. The predicted molar refractivity (Wildman–Crippen MR) is 80.6 cm³/mol. The number of pyridine rings is 1. The molecular formula is C16H18N2O3. The van der Waals surface area contributed by atoms with Crippen molar-refractivity contribution in [1.29, 1.82) is 0 Å². The van der Waals surface area contributed by atoms with E-state index >= 15 is 0 Å². The number of carbonyl (C=O) groups is 1. The number of ether oxygens (including phenoxy) is 1. The third-order valence-electron chi connectivity index (χ3n) is 3.88. The van der Waals surface area contributed by atoms with Gasteiger partial charge in [0.25, 0.3) is 5.91 Å². The van der Waals surface area contributed by atoms with Gasteiger partial charge in [-0.3, -0.25) is 9.59 Å². The van der Waals surface area contributed by atoms with E-state index in [2.05, 4.69) is 10.3 Å². The van der Waals surface area contributed by atoms with Gasteiger partial charge in [-0.25, -0.2) is 0 Å². The number of aryl methyl sites for hydroxylation is 1. The van der Waals surface area contributed by atoms with E-state index in [1.165, 1.54) is 6.20 Å². The van der Waals surface area contributed by atoms with Crippen molar-refractivity contribution < 1.29 is 9.53 Å². The highest BCUT2D eigenvalue weighted by molar-refractivity contribution is 5.97. The summed E-state index contributed by atoms with van der Waals surface area (Å²) in [5.41, 5.74) is 1.66. The second-order valence-corrected chi connectivity index (χ2v) is 5.37. The van der Waals surface area contributed by atoms with Crippen molar-refractivity contribution >= 4 is 16.8 Å². The molecule has 1 atom stereocenters. The minimum Gasteiger partial charge on any atom is -0.376 e. The zero-order valence-corrected chi connectivity index (χ0v) is 11.9. The highest BCUT2D eigenvalue weighted by atomic mass is 16.5. The van der Waals surface area contributed by atoms with E-state index in [-0.39, 0.29) is 23.0 Å². The van der Waals surface area contributed by atoms with Crippen molar-refractivity contribution in [1.82, 2.24) is 10.3 Å². The molecule has 1 fully saturated rings. The second kappa shape index (κ2) is 5.69. The summed E-state index contributed by atoms with van der Waals surface area (Å²) in [6.45, 7) is 3.12. The minimum absolute atomic E-state index is 0.0655. The first-order valence-electron chi connectivity index (χ1n) is 7.17. The zero-order valence-electron chi connectivity index (χ0n) is 11.9. The molecule has 0 radical (unpaired) electrons. The number of rotatable bonds is 3. The number of hydrogen-bond acceptors (Lipinski definition) is 3. The monoisotopic (exact) mass is 286 g/mol. The van der Waals surface area contributed by atoms with Crippen LogP contribution < -0.4 is 10.7 Å². The number of nitrogens with one attached hydrogen (secondary N) is 2. The number of hydrogen-bond donors (Lipinski definition) is 2. The molecule has 0 saturated carbocycles. The first-order valence-corrected chi connectivity index (χ1v) is 7.17. The molecule has 1 aliphatic rings. The molecule has 2 N–H and O–H groups in total. The van der Waals surface area contributed by atoms with Crippen LogP contribution in [0.25, 0.3) is 10.9 Å². The normalized spacial score (nSPS) is 18.0. The van der Waals surface area contributed by atoms with Crippen LogP contribution in [0.1, 0.15) is 28.8 Å². The van der Waals surface area contributed by atoms with Crippen molar-refractivity contribution in [3.8, 4) is 0 Å². The van der Waals surface area contributed by atoms with Crippen molar-refractivity contribution in [3.63, 3.8) is 0 Å². The molecule has 5 heteroatoms. The second-order valence-electron chi connectivity index (χ2n) is 5.37. The third kappa shape index (κ3) is 2.69. The Hall–Kier alpha value is -2.14. The van der Waals surface area contributed by atoms with Crippen molar-refractivity contribution in [2.45, 2.75) is 25.9 Å². The maximum absolute atomic E-state index is 12.4. The smallest absolute Gasteiger partial charge is 0.256 e. The van der Waals surface area contributed by atoms with Crippen LogP contribution in [-0.2, 0) is 4.74 Å². The van der Waals surface area contributed by atoms with Crippen LogP contribution in [0.3, 0.4) is 0 Å². The average Bonchev–Trinajstić information content (AvgIpc) is 2.99. The SMILES string of the molecule is Cc1cccc2c(=O)c(C(=O)NCC3CCCO3)c[nH]c12. The number of benzene rings is 1. The molecule has 1 aliphatic heterocycles. The molecule has 2 heterocycles. The summed E-state index contributed by atoms with van der Waals surface area (Å²) in [5.74, 6) is -0.352. The van der Waals surface area contributed by atoms with E-state index in [0.717, 1.165) is 30.5 Å². The van der Waals surface area contributed by atoms with Crippen LogP contribution in [0, 0.1) is 6.92 Å². The predicted octanol–water partition coefficient (Wildman–Crippen LogP) is 1.75. The van der Waals surface area contributed by atoms with Gasteiger partial charge >= 0.3 is 0 Å².